The molecule has 2 heterocycles. The van der Waals surface area contributed by atoms with Crippen molar-refractivity contribution in [3.63, 3.8) is 0 Å². The zero-order valence-corrected chi connectivity index (χ0v) is 12.6. The van der Waals surface area contributed by atoms with Crippen LogP contribution in [-0.4, -0.2) is 42.4 Å². The van der Waals surface area contributed by atoms with Gasteiger partial charge in [0.2, 0.25) is 11.8 Å². The summed E-state index contributed by atoms with van der Waals surface area (Å²) in [6, 6.07) is 0.0706. The molecule has 2 aliphatic rings. The Morgan fingerprint density at radius 2 is 2.25 bits per heavy atom. The maximum atomic E-state index is 12.5. The Balaban J connectivity index is 1.96. The van der Waals surface area contributed by atoms with Crippen LogP contribution in [0.1, 0.15) is 39.5 Å². The number of rotatable bonds is 5. The molecule has 0 radical (unpaired) electrons. The second kappa shape index (κ2) is 6.57. The van der Waals surface area contributed by atoms with Crippen LogP contribution in [0.25, 0.3) is 0 Å². The molecule has 2 saturated heterocycles. The first-order chi connectivity index (χ1) is 9.52. The van der Waals surface area contributed by atoms with Crippen molar-refractivity contribution in [3.05, 3.63) is 0 Å². The number of amides is 2. The molecule has 20 heavy (non-hydrogen) atoms. The molecular weight excluding hydrogens is 254 g/mol. The summed E-state index contributed by atoms with van der Waals surface area (Å²) >= 11 is 0. The topological polar surface area (TPSA) is 75.4 Å². The number of piperidine rings is 1. The van der Waals surface area contributed by atoms with Gasteiger partial charge in [-0.15, -0.1) is 0 Å². The number of hydrogen-bond acceptors (Lipinski definition) is 3. The zero-order valence-electron chi connectivity index (χ0n) is 12.6. The third-order valence-electron chi connectivity index (χ3n) is 4.52. The summed E-state index contributed by atoms with van der Waals surface area (Å²) in [4.78, 5) is 26.2. The number of fused-ring (bicyclic) bond motifs is 1. The van der Waals surface area contributed by atoms with E-state index in [-0.39, 0.29) is 29.7 Å². The van der Waals surface area contributed by atoms with Gasteiger partial charge in [-0.3, -0.25) is 9.59 Å². The van der Waals surface area contributed by atoms with Gasteiger partial charge in [0.1, 0.15) is 0 Å². The van der Waals surface area contributed by atoms with Gasteiger partial charge < -0.3 is 16.0 Å². The second-order valence-corrected chi connectivity index (χ2v) is 6.58. The van der Waals surface area contributed by atoms with Crippen molar-refractivity contribution in [2.75, 3.05) is 19.6 Å². The summed E-state index contributed by atoms with van der Waals surface area (Å²) in [5, 5.41) is 2.89. The van der Waals surface area contributed by atoms with Crippen molar-refractivity contribution < 1.29 is 9.59 Å². The minimum atomic E-state index is 0.00845. The van der Waals surface area contributed by atoms with Crippen LogP contribution in [0.4, 0.5) is 0 Å². The van der Waals surface area contributed by atoms with Gasteiger partial charge in [0.05, 0.1) is 12.0 Å². The van der Waals surface area contributed by atoms with E-state index in [1.54, 1.807) is 0 Å². The lowest BCUT2D eigenvalue weighted by atomic mass is 9.89. The first kappa shape index (κ1) is 15.3. The molecule has 2 rings (SSSR count). The van der Waals surface area contributed by atoms with Crippen molar-refractivity contribution in [1.29, 1.82) is 0 Å². The van der Waals surface area contributed by atoms with Crippen molar-refractivity contribution in [2.45, 2.75) is 45.6 Å². The highest BCUT2D eigenvalue weighted by molar-refractivity contribution is 5.84. The Morgan fingerprint density at radius 1 is 1.50 bits per heavy atom. The smallest absolute Gasteiger partial charge is 0.225 e. The van der Waals surface area contributed by atoms with E-state index in [0.29, 0.717) is 25.4 Å². The molecule has 0 aromatic carbocycles. The maximum absolute atomic E-state index is 12.5. The third-order valence-corrected chi connectivity index (χ3v) is 4.52. The van der Waals surface area contributed by atoms with Crippen molar-refractivity contribution in [2.24, 2.45) is 23.5 Å². The minimum absolute atomic E-state index is 0.00845. The summed E-state index contributed by atoms with van der Waals surface area (Å²) in [7, 11) is 0. The van der Waals surface area contributed by atoms with E-state index in [4.69, 9.17) is 5.73 Å². The molecule has 3 atom stereocenters. The fourth-order valence-corrected chi connectivity index (χ4v) is 3.55. The first-order valence-electron chi connectivity index (χ1n) is 7.80. The van der Waals surface area contributed by atoms with Gasteiger partial charge >= 0.3 is 0 Å². The van der Waals surface area contributed by atoms with Gasteiger partial charge in [-0.25, -0.2) is 0 Å². The Hall–Kier alpha value is -1.10. The number of hydrogen-bond donors (Lipinski definition) is 2. The molecule has 0 saturated carbocycles. The molecule has 0 bridgehead atoms. The number of likely N-dealkylation sites (tertiary alicyclic amines) is 1. The van der Waals surface area contributed by atoms with Crippen molar-refractivity contribution in [1.82, 2.24) is 10.2 Å². The van der Waals surface area contributed by atoms with E-state index in [2.05, 4.69) is 19.2 Å². The van der Waals surface area contributed by atoms with E-state index < -0.39 is 0 Å². The van der Waals surface area contributed by atoms with E-state index in [1.165, 1.54) is 0 Å². The first-order valence-corrected chi connectivity index (χ1v) is 7.80. The van der Waals surface area contributed by atoms with Crippen LogP contribution >= 0.6 is 0 Å². The lowest BCUT2D eigenvalue weighted by Crippen LogP contribution is -2.49. The number of nitrogens with two attached hydrogens (primary N) is 1. The lowest BCUT2D eigenvalue weighted by molar-refractivity contribution is -0.137. The van der Waals surface area contributed by atoms with E-state index in [1.807, 2.05) is 4.90 Å². The SMILES string of the molecule is CC(C)C[C@H](CN)CC(=O)N1CCCC2C(=O)NCC21. The summed E-state index contributed by atoms with van der Waals surface area (Å²) in [5.41, 5.74) is 5.79. The molecule has 5 nitrogen and oxygen atoms in total. The second-order valence-electron chi connectivity index (χ2n) is 6.58. The number of nitrogens with one attached hydrogen (secondary N) is 1. The molecule has 3 N–H and O–H groups in total. The van der Waals surface area contributed by atoms with Crippen LogP contribution in [0.5, 0.6) is 0 Å². The average molecular weight is 281 g/mol. The molecule has 0 spiro atoms. The molecule has 0 aliphatic carbocycles. The van der Waals surface area contributed by atoms with E-state index in [9.17, 15) is 9.59 Å². The van der Waals surface area contributed by atoms with E-state index in [0.717, 1.165) is 25.8 Å². The summed E-state index contributed by atoms with van der Waals surface area (Å²) in [5.74, 6) is 1.11. The Bertz CT molecular complexity index is 370. The zero-order chi connectivity index (χ0) is 14.7. The molecule has 2 fully saturated rings. The Labute approximate surface area is 121 Å². The Kier molecular flexibility index (Phi) is 5.02. The van der Waals surface area contributed by atoms with Gasteiger partial charge in [0.25, 0.3) is 0 Å². The lowest BCUT2D eigenvalue weighted by Gasteiger charge is -2.36. The highest BCUT2D eigenvalue weighted by Crippen LogP contribution is 2.28. The summed E-state index contributed by atoms with van der Waals surface area (Å²) < 4.78 is 0. The number of carbonyl (C=O) groups is 2. The monoisotopic (exact) mass is 281 g/mol. The molecule has 5 heteroatoms. The number of nitrogens with zero attached hydrogens (tertiary/aromatic N) is 1. The van der Waals surface area contributed by atoms with Crippen molar-refractivity contribution in [3.8, 4) is 0 Å². The highest BCUT2D eigenvalue weighted by Gasteiger charge is 2.42. The largest absolute Gasteiger partial charge is 0.354 e. The molecule has 2 amide bonds. The third kappa shape index (κ3) is 3.32. The van der Waals surface area contributed by atoms with E-state index >= 15 is 0 Å². The summed E-state index contributed by atoms with van der Waals surface area (Å²) in [6.45, 7) is 6.27. The normalized spacial score (nSPS) is 27.4. The molecule has 2 unspecified atom stereocenters. The summed E-state index contributed by atoms with van der Waals surface area (Å²) in [6.07, 6.45) is 3.35. The van der Waals surface area contributed by atoms with Crippen molar-refractivity contribution >= 4 is 11.8 Å². The molecular formula is C15H27N3O2. The van der Waals surface area contributed by atoms with Crippen LogP contribution in [-0.2, 0) is 9.59 Å². The maximum Gasteiger partial charge on any atom is 0.225 e. The van der Waals surface area contributed by atoms with Crippen LogP contribution in [0.3, 0.4) is 0 Å². The van der Waals surface area contributed by atoms with Crippen LogP contribution in [0, 0.1) is 17.8 Å². The quantitative estimate of drug-likeness (QED) is 0.780. The fraction of sp³-hybridized carbons (Fsp3) is 0.867. The molecule has 0 aromatic rings. The van der Waals surface area contributed by atoms with Crippen LogP contribution in [0.15, 0.2) is 0 Å². The predicted molar refractivity (Wildman–Crippen MR) is 77.9 cm³/mol. The molecule has 2 aliphatic heterocycles. The molecule has 0 aromatic heterocycles. The Morgan fingerprint density at radius 3 is 2.90 bits per heavy atom. The minimum Gasteiger partial charge on any atom is -0.354 e. The predicted octanol–water partition coefficient (Wildman–Crippen LogP) is 0.735. The van der Waals surface area contributed by atoms with Crippen LogP contribution in [0.2, 0.25) is 0 Å². The van der Waals surface area contributed by atoms with Gasteiger partial charge in [0.15, 0.2) is 0 Å². The molecule has 114 valence electrons. The van der Waals surface area contributed by atoms with Crippen LogP contribution < -0.4 is 11.1 Å². The number of carbonyl (C=O) groups excluding carboxylic acids is 2. The van der Waals surface area contributed by atoms with Gasteiger partial charge in [-0.2, -0.15) is 0 Å². The standard InChI is InChI=1S/C15H27N3O2/c1-10(2)6-11(8-16)7-14(19)18-5-3-4-12-13(18)9-17-15(12)20/h10-13H,3-9,16H2,1-2H3,(H,17,20)/t11-,12?,13?/m0/s1. The average Bonchev–Trinajstić information content (AvgIpc) is 2.79. The highest BCUT2D eigenvalue weighted by atomic mass is 16.2. The van der Waals surface area contributed by atoms with Gasteiger partial charge in [-0.05, 0) is 37.6 Å². The fourth-order valence-electron chi connectivity index (χ4n) is 3.55. The van der Waals surface area contributed by atoms with Gasteiger partial charge in [-0.1, -0.05) is 13.8 Å². The van der Waals surface area contributed by atoms with Gasteiger partial charge in [0, 0.05) is 19.5 Å².